The Hall–Kier alpha value is -3.19. The van der Waals surface area contributed by atoms with Gasteiger partial charge in [-0.25, -0.2) is 4.98 Å². The number of para-hydroxylation sites is 1. The van der Waals surface area contributed by atoms with Gasteiger partial charge >= 0.3 is 0 Å². The quantitative estimate of drug-likeness (QED) is 0.336. The molecule has 1 heteroatoms. The second kappa shape index (κ2) is 5.17. The maximum absolute atomic E-state index is 4.88. The molecular weight excluding hydrogens is 290 g/mol. The Morgan fingerprint density at radius 2 is 1.21 bits per heavy atom. The summed E-state index contributed by atoms with van der Waals surface area (Å²) in [6.45, 7) is 0. The average molecular weight is 305 g/mol. The Kier molecular flexibility index (Phi) is 2.86. The SMILES string of the molecule is c1ccc2cc3c(-c4ccc5ccccc5n4)cccc3cc2c1. The van der Waals surface area contributed by atoms with E-state index < -0.39 is 0 Å². The summed E-state index contributed by atoms with van der Waals surface area (Å²) in [6, 6.07) is 32.0. The van der Waals surface area contributed by atoms with Crippen molar-refractivity contribution in [2.24, 2.45) is 0 Å². The normalized spacial score (nSPS) is 11.3. The number of fused-ring (bicyclic) bond motifs is 3. The summed E-state index contributed by atoms with van der Waals surface area (Å²) in [6.07, 6.45) is 0. The van der Waals surface area contributed by atoms with E-state index >= 15 is 0 Å². The second-order valence-electron chi connectivity index (χ2n) is 6.12. The molecule has 0 saturated carbocycles. The zero-order chi connectivity index (χ0) is 15.9. The molecule has 5 rings (SSSR count). The van der Waals surface area contributed by atoms with Gasteiger partial charge in [-0.2, -0.15) is 0 Å². The van der Waals surface area contributed by atoms with Crippen molar-refractivity contribution in [3.8, 4) is 11.3 Å². The molecule has 1 aromatic heterocycles. The molecule has 0 aliphatic heterocycles. The van der Waals surface area contributed by atoms with Crippen LogP contribution in [-0.2, 0) is 0 Å². The molecule has 0 unspecified atom stereocenters. The van der Waals surface area contributed by atoms with Crippen molar-refractivity contribution in [2.75, 3.05) is 0 Å². The van der Waals surface area contributed by atoms with E-state index in [4.69, 9.17) is 4.98 Å². The van der Waals surface area contributed by atoms with Crippen molar-refractivity contribution in [1.82, 2.24) is 4.98 Å². The number of benzene rings is 4. The molecule has 0 spiro atoms. The lowest BCUT2D eigenvalue weighted by molar-refractivity contribution is 1.41. The van der Waals surface area contributed by atoms with E-state index in [1.807, 2.05) is 12.1 Å². The van der Waals surface area contributed by atoms with E-state index in [1.165, 1.54) is 32.5 Å². The highest BCUT2D eigenvalue weighted by Gasteiger charge is 2.07. The van der Waals surface area contributed by atoms with Gasteiger partial charge in [0.2, 0.25) is 0 Å². The van der Waals surface area contributed by atoms with Crippen LogP contribution in [0.15, 0.2) is 91.0 Å². The van der Waals surface area contributed by atoms with Crippen molar-refractivity contribution >= 4 is 32.4 Å². The molecule has 0 radical (unpaired) electrons. The van der Waals surface area contributed by atoms with Gasteiger partial charge in [0.25, 0.3) is 0 Å². The van der Waals surface area contributed by atoms with Crippen LogP contribution in [0.2, 0.25) is 0 Å². The van der Waals surface area contributed by atoms with Crippen LogP contribution in [0, 0.1) is 0 Å². The molecule has 0 N–H and O–H groups in total. The molecule has 0 saturated heterocycles. The van der Waals surface area contributed by atoms with Crippen LogP contribution in [0.3, 0.4) is 0 Å². The summed E-state index contributed by atoms with van der Waals surface area (Å²) in [7, 11) is 0. The van der Waals surface area contributed by atoms with Gasteiger partial charge in [-0.05, 0) is 45.8 Å². The molecule has 4 aromatic carbocycles. The average Bonchev–Trinajstić information content (AvgIpc) is 2.65. The Morgan fingerprint density at radius 1 is 0.500 bits per heavy atom. The minimum atomic E-state index is 1.02. The third-order valence-corrected chi connectivity index (χ3v) is 4.62. The van der Waals surface area contributed by atoms with Crippen molar-refractivity contribution < 1.29 is 0 Å². The van der Waals surface area contributed by atoms with E-state index in [-0.39, 0.29) is 0 Å². The lowest BCUT2D eigenvalue weighted by Gasteiger charge is -2.09. The molecular formula is C23H15N. The van der Waals surface area contributed by atoms with E-state index in [2.05, 4.69) is 78.9 Å². The fourth-order valence-electron chi connectivity index (χ4n) is 3.41. The summed E-state index contributed by atoms with van der Waals surface area (Å²) < 4.78 is 0. The molecule has 24 heavy (non-hydrogen) atoms. The predicted molar refractivity (Wildman–Crippen MR) is 102 cm³/mol. The minimum Gasteiger partial charge on any atom is -0.248 e. The first-order valence-corrected chi connectivity index (χ1v) is 8.16. The van der Waals surface area contributed by atoms with Crippen molar-refractivity contribution in [1.29, 1.82) is 0 Å². The Bertz CT molecular complexity index is 1200. The Balaban J connectivity index is 1.82. The van der Waals surface area contributed by atoms with Crippen LogP contribution in [-0.4, -0.2) is 4.98 Å². The third-order valence-electron chi connectivity index (χ3n) is 4.62. The van der Waals surface area contributed by atoms with Crippen molar-refractivity contribution in [2.45, 2.75) is 0 Å². The lowest BCUT2D eigenvalue weighted by atomic mass is 9.97. The van der Waals surface area contributed by atoms with Crippen LogP contribution >= 0.6 is 0 Å². The van der Waals surface area contributed by atoms with Crippen LogP contribution in [0.5, 0.6) is 0 Å². The van der Waals surface area contributed by atoms with E-state index in [0.29, 0.717) is 0 Å². The maximum atomic E-state index is 4.88. The highest BCUT2D eigenvalue weighted by molar-refractivity contribution is 6.04. The number of pyridine rings is 1. The van der Waals surface area contributed by atoms with Crippen molar-refractivity contribution in [3.63, 3.8) is 0 Å². The van der Waals surface area contributed by atoms with Gasteiger partial charge in [0, 0.05) is 10.9 Å². The number of aromatic nitrogens is 1. The highest BCUT2D eigenvalue weighted by Crippen LogP contribution is 2.31. The molecule has 112 valence electrons. The number of hydrogen-bond donors (Lipinski definition) is 0. The van der Waals surface area contributed by atoms with Gasteiger partial charge in [-0.1, -0.05) is 66.7 Å². The predicted octanol–water partition coefficient (Wildman–Crippen LogP) is 6.21. The molecule has 0 atom stereocenters. The first-order chi connectivity index (χ1) is 11.9. The summed E-state index contributed by atoms with van der Waals surface area (Å²) in [5, 5.41) is 6.21. The molecule has 5 aromatic rings. The van der Waals surface area contributed by atoms with Crippen LogP contribution in [0.1, 0.15) is 0 Å². The number of nitrogens with zero attached hydrogens (tertiary/aromatic N) is 1. The van der Waals surface area contributed by atoms with Crippen LogP contribution in [0.4, 0.5) is 0 Å². The van der Waals surface area contributed by atoms with Gasteiger partial charge < -0.3 is 0 Å². The zero-order valence-corrected chi connectivity index (χ0v) is 13.1. The Labute approximate surface area is 140 Å². The molecule has 0 fully saturated rings. The molecule has 1 nitrogen and oxygen atoms in total. The van der Waals surface area contributed by atoms with Gasteiger partial charge in [0.15, 0.2) is 0 Å². The minimum absolute atomic E-state index is 1.02. The first-order valence-electron chi connectivity index (χ1n) is 8.16. The summed E-state index contributed by atoms with van der Waals surface area (Å²) in [5.74, 6) is 0. The number of hydrogen-bond acceptors (Lipinski definition) is 1. The third kappa shape index (κ3) is 2.06. The van der Waals surface area contributed by atoms with E-state index in [0.717, 1.165) is 11.2 Å². The van der Waals surface area contributed by atoms with Crippen molar-refractivity contribution in [3.05, 3.63) is 91.0 Å². The van der Waals surface area contributed by atoms with Gasteiger partial charge in [-0.3, -0.25) is 0 Å². The van der Waals surface area contributed by atoms with E-state index in [9.17, 15) is 0 Å². The topological polar surface area (TPSA) is 12.9 Å². The molecule has 0 amide bonds. The summed E-state index contributed by atoms with van der Waals surface area (Å²) >= 11 is 0. The van der Waals surface area contributed by atoms with Crippen LogP contribution in [0.25, 0.3) is 43.7 Å². The smallest absolute Gasteiger partial charge is 0.0715 e. The molecule has 0 bridgehead atoms. The lowest BCUT2D eigenvalue weighted by Crippen LogP contribution is -1.87. The number of rotatable bonds is 1. The zero-order valence-electron chi connectivity index (χ0n) is 13.1. The first kappa shape index (κ1) is 13.3. The second-order valence-corrected chi connectivity index (χ2v) is 6.12. The highest BCUT2D eigenvalue weighted by atomic mass is 14.7. The van der Waals surface area contributed by atoms with Gasteiger partial charge in [0.05, 0.1) is 11.2 Å². The van der Waals surface area contributed by atoms with Gasteiger partial charge in [-0.15, -0.1) is 0 Å². The molecule has 0 aliphatic rings. The van der Waals surface area contributed by atoms with Gasteiger partial charge in [0.1, 0.15) is 0 Å². The maximum Gasteiger partial charge on any atom is 0.0715 e. The Morgan fingerprint density at radius 3 is 2.08 bits per heavy atom. The standard InChI is InChI=1S/C23H15N/c1-2-8-18-15-21-19(14-17(18)7-1)9-5-10-20(21)23-13-12-16-6-3-4-11-22(16)24-23/h1-15H. The molecule has 0 aliphatic carbocycles. The largest absolute Gasteiger partial charge is 0.248 e. The molecule has 1 heterocycles. The fraction of sp³-hybridized carbons (Fsp3) is 0. The van der Waals surface area contributed by atoms with E-state index in [1.54, 1.807) is 0 Å². The summed E-state index contributed by atoms with van der Waals surface area (Å²) in [5.41, 5.74) is 3.24. The monoisotopic (exact) mass is 305 g/mol. The summed E-state index contributed by atoms with van der Waals surface area (Å²) in [4.78, 5) is 4.88. The fourth-order valence-corrected chi connectivity index (χ4v) is 3.41. The van der Waals surface area contributed by atoms with Crippen LogP contribution < -0.4 is 0 Å².